The number of carbonyl (C=O) groups is 2. The van der Waals surface area contributed by atoms with E-state index < -0.39 is 0 Å². The number of carbonyl (C=O) groups excluding carboxylic acids is 2. The van der Waals surface area contributed by atoms with Crippen LogP contribution in [-0.4, -0.2) is 25.0 Å². The summed E-state index contributed by atoms with van der Waals surface area (Å²) >= 11 is 0. The number of hydrogen-bond acceptors (Lipinski definition) is 4. The summed E-state index contributed by atoms with van der Waals surface area (Å²) in [6.45, 7) is 4.85. The Morgan fingerprint density at radius 1 is 0.700 bits per heavy atom. The van der Waals surface area contributed by atoms with Crippen LogP contribution in [-0.2, 0) is 0 Å². The fourth-order valence-corrected chi connectivity index (χ4v) is 2.84. The van der Waals surface area contributed by atoms with E-state index in [0.29, 0.717) is 41.5 Å². The zero-order valence-electron chi connectivity index (χ0n) is 17.0. The number of benzene rings is 3. The van der Waals surface area contributed by atoms with Gasteiger partial charge in [-0.15, -0.1) is 0 Å². The molecule has 0 aliphatic carbocycles. The van der Waals surface area contributed by atoms with Gasteiger partial charge in [-0.2, -0.15) is 0 Å². The molecular formula is C24H24N2O4. The third kappa shape index (κ3) is 5.38. The quantitative estimate of drug-likeness (QED) is 0.555. The molecule has 0 heterocycles. The van der Waals surface area contributed by atoms with Crippen molar-refractivity contribution in [3.63, 3.8) is 0 Å². The zero-order chi connectivity index (χ0) is 21.3. The molecule has 154 valence electrons. The van der Waals surface area contributed by atoms with Crippen molar-refractivity contribution in [2.45, 2.75) is 13.8 Å². The lowest BCUT2D eigenvalue weighted by Gasteiger charge is -2.11. The van der Waals surface area contributed by atoms with Crippen LogP contribution in [0, 0.1) is 0 Å². The van der Waals surface area contributed by atoms with E-state index in [-0.39, 0.29) is 11.8 Å². The first-order chi connectivity index (χ1) is 14.6. The Kier molecular flexibility index (Phi) is 7.05. The average Bonchev–Trinajstić information content (AvgIpc) is 2.76. The highest BCUT2D eigenvalue weighted by atomic mass is 16.5. The number of anilines is 2. The minimum atomic E-state index is -0.273. The first-order valence-electron chi connectivity index (χ1n) is 9.78. The molecule has 3 aromatic carbocycles. The normalized spacial score (nSPS) is 10.2. The monoisotopic (exact) mass is 404 g/mol. The Balaban J connectivity index is 1.63. The average molecular weight is 404 g/mol. The van der Waals surface area contributed by atoms with Crippen LogP contribution in [0.25, 0.3) is 0 Å². The smallest absolute Gasteiger partial charge is 0.259 e. The van der Waals surface area contributed by atoms with Gasteiger partial charge in [0.05, 0.1) is 18.8 Å². The fraction of sp³-hybridized carbons (Fsp3) is 0.167. The van der Waals surface area contributed by atoms with Crippen LogP contribution in [0.4, 0.5) is 11.4 Å². The van der Waals surface area contributed by atoms with Crippen molar-refractivity contribution in [3.05, 3.63) is 83.9 Å². The van der Waals surface area contributed by atoms with Gasteiger partial charge in [-0.1, -0.05) is 12.1 Å². The molecule has 0 aliphatic rings. The number of rotatable bonds is 8. The van der Waals surface area contributed by atoms with Crippen LogP contribution >= 0.6 is 0 Å². The van der Waals surface area contributed by atoms with Gasteiger partial charge in [-0.3, -0.25) is 9.59 Å². The Labute approximate surface area is 175 Å². The summed E-state index contributed by atoms with van der Waals surface area (Å²) in [5, 5.41) is 5.66. The van der Waals surface area contributed by atoms with Gasteiger partial charge in [0.25, 0.3) is 11.8 Å². The lowest BCUT2D eigenvalue weighted by atomic mass is 10.1. The number of hydrogen-bond donors (Lipinski definition) is 2. The standard InChI is InChI=1S/C24H24N2O4/c1-3-29-20-15-13-19(14-16-20)25-23(27)17-9-11-18(12-10-17)26-24(28)21-7-5-6-8-22(21)30-4-2/h5-16H,3-4H2,1-2H3,(H,25,27)(H,26,28). The van der Waals surface area contributed by atoms with Crippen molar-refractivity contribution in [2.24, 2.45) is 0 Å². The van der Waals surface area contributed by atoms with Crippen molar-refractivity contribution in [1.29, 1.82) is 0 Å². The third-order valence-electron chi connectivity index (χ3n) is 4.26. The second-order valence-electron chi connectivity index (χ2n) is 6.37. The molecule has 6 heteroatoms. The SMILES string of the molecule is CCOc1ccc(NC(=O)c2ccc(NC(=O)c3ccccc3OCC)cc2)cc1. The van der Waals surface area contributed by atoms with E-state index >= 15 is 0 Å². The highest BCUT2D eigenvalue weighted by Crippen LogP contribution is 2.21. The van der Waals surface area contributed by atoms with Crippen molar-refractivity contribution in [3.8, 4) is 11.5 Å². The largest absolute Gasteiger partial charge is 0.494 e. The molecule has 0 radical (unpaired) electrons. The fourth-order valence-electron chi connectivity index (χ4n) is 2.84. The molecule has 0 unspecified atom stereocenters. The summed E-state index contributed by atoms with van der Waals surface area (Å²) in [4.78, 5) is 25.0. The van der Waals surface area contributed by atoms with Crippen molar-refractivity contribution < 1.29 is 19.1 Å². The van der Waals surface area contributed by atoms with Crippen LogP contribution in [0.15, 0.2) is 72.8 Å². The lowest BCUT2D eigenvalue weighted by Crippen LogP contribution is -2.14. The number of amides is 2. The molecule has 0 aliphatic heterocycles. The van der Waals surface area contributed by atoms with Crippen LogP contribution in [0.2, 0.25) is 0 Å². The van der Waals surface area contributed by atoms with E-state index in [1.807, 2.05) is 19.9 Å². The zero-order valence-corrected chi connectivity index (χ0v) is 17.0. The van der Waals surface area contributed by atoms with Gasteiger partial charge >= 0.3 is 0 Å². The Hall–Kier alpha value is -3.80. The topological polar surface area (TPSA) is 76.7 Å². The molecule has 2 N–H and O–H groups in total. The van der Waals surface area contributed by atoms with Gasteiger partial charge in [0.2, 0.25) is 0 Å². The number of para-hydroxylation sites is 1. The summed E-state index contributed by atoms with van der Waals surface area (Å²) in [5.74, 6) is 0.773. The van der Waals surface area contributed by atoms with Crippen LogP contribution in [0.5, 0.6) is 11.5 Å². The minimum Gasteiger partial charge on any atom is -0.494 e. The van der Waals surface area contributed by atoms with Crippen LogP contribution in [0.3, 0.4) is 0 Å². The molecular weight excluding hydrogens is 380 g/mol. The second-order valence-corrected chi connectivity index (χ2v) is 6.37. The van der Waals surface area contributed by atoms with E-state index in [9.17, 15) is 9.59 Å². The Morgan fingerprint density at radius 2 is 1.27 bits per heavy atom. The molecule has 3 aromatic rings. The van der Waals surface area contributed by atoms with Crippen molar-refractivity contribution in [2.75, 3.05) is 23.8 Å². The van der Waals surface area contributed by atoms with Crippen LogP contribution in [0.1, 0.15) is 34.6 Å². The maximum absolute atomic E-state index is 12.6. The molecule has 0 atom stereocenters. The highest BCUT2D eigenvalue weighted by Gasteiger charge is 2.13. The number of ether oxygens (including phenoxy) is 2. The molecule has 0 bridgehead atoms. The van der Waals surface area contributed by atoms with Crippen molar-refractivity contribution in [1.82, 2.24) is 0 Å². The summed E-state index contributed by atoms with van der Waals surface area (Å²) in [7, 11) is 0. The molecule has 0 saturated carbocycles. The molecule has 0 aromatic heterocycles. The lowest BCUT2D eigenvalue weighted by molar-refractivity contribution is 0.101. The molecule has 3 rings (SSSR count). The van der Waals surface area contributed by atoms with Gasteiger partial charge in [-0.25, -0.2) is 0 Å². The minimum absolute atomic E-state index is 0.237. The Morgan fingerprint density at radius 3 is 1.90 bits per heavy atom. The molecule has 0 saturated heterocycles. The maximum atomic E-state index is 12.6. The Bertz CT molecular complexity index is 998. The predicted molar refractivity (Wildman–Crippen MR) is 118 cm³/mol. The van der Waals surface area contributed by atoms with Gasteiger partial charge in [-0.05, 0) is 74.5 Å². The summed E-state index contributed by atoms with van der Waals surface area (Å²) < 4.78 is 10.9. The van der Waals surface area contributed by atoms with Crippen molar-refractivity contribution >= 4 is 23.2 Å². The predicted octanol–water partition coefficient (Wildman–Crippen LogP) is 4.99. The van der Waals surface area contributed by atoms with Gasteiger partial charge in [0, 0.05) is 16.9 Å². The first-order valence-corrected chi connectivity index (χ1v) is 9.78. The van der Waals surface area contributed by atoms with E-state index in [4.69, 9.17) is 9.47 Å². The first kappa shape index (κ1) is 20.9. The molecule has 0 spiro atoms. The molecule has 30 heavy (non-hydrogen) atoms. The van der Waals surface area contributed by atoms with E-state index in [2.05, 4.69) is 10.6 Å². The van der Waals surface area contributed by atoms with E-state index in [1.54, 1.807) is 66.7 Å². The molecule has 2 amide bonds. The molecule has 0 fully saturated rings. The van der Waals surface area contributed by atoms with Gasteiger partial charge in [0.1, 0.15) is 11.5 Å². The summed E-state index contributed by atoms with van der Waals surface area (Å²) in [6, 6.07) is 20.9. The summed E-state index contributed by atoms with van der Waals surface area (Å²) in [5.41, 5.74) is 2.20. The maximum Gasteiger partial charge on any atom is 0.259 e. The van der Waals surface area contributed by atoms with Gasteiger partial charge < -0.3 is 20.1 Å². The van der Waals surface area contributed by atoms with E-state index in [1.165, 1.54) is 0 Å². The van der Waals surface area contributed by atoms with Crippen LogP contribution < -0.4 is 20.1 Å². The third-order valence-corrected chi connectivity index (χ3v) is 4.26. The summed E-state index contributed by atoms with van der Waals surface area (Å²) in [6.07, 6.45) is 0. The van der Waals surface area contributed by atoms with Gasteiger partial charge in [0.15, 0.2) is 0 Å². The van der Waals surface area contributed by atoms with E-state index in [0.717, 1.165) is 5.75 Å². The number of nitrogens with one attached hydrogen (secondary N) is 2. The highest BCUT2D eigenvalue weighted by molar-refractivity contribution is 6.07. The molecule has 6 nitrogen and oxygen atoms in total. The second kappa shape index (κ2) is 10.1.